The molecule has 1 aromatic carbocycles. The number of rotatable bonds is 7. The van der Waals surface area contributed by atoms with Crippen LogP contribution in [0.25, 0.3) is 21.1 Å². The second-order valence-electron chi connectivity index (χ2n) is 8.77. The summed E-state index contributed by atoms with van der Waals surface area (Å²) in [5.74, 6) is 1.12. The Balaban J connectivity index is 1.61. The molecule has 4 aromatic rings. The summed E-state index contributed by atoms with van der Waals surface area (Å²) < 4.78 is 0. The molecule has 1 aliphatic heterocycles. The Bertz CT molecular complexity index is 1310. The molecule has 36 heavy (non-hydrogen) atoms. The van der Waals surface area contributed by atoms with Gasteiger partial charge < -0.3 is 15.2 Å². The molecule has 4 heterocycles. The predicted octanol–water partition coefficient (Wildman–Crippen LogP) is 4.93. The molecular formula is C26H28ClN7OS. The van der Waals surface area contributed by atoms with Crippen molar-refractivity contribution in [3.8, 4) is 21.1 Å². The Labute approximate surface area is 219 Å². The number of amides is 1. The summed E-state index contributed by atoms with van der Waals surface area (Å²) in [4.78, 5) is 26.2. The van der Waals surface area contributed by atoms with Gasteiger partial charge in [0.25, 0.3) is 0 Å². The number of benzene rings is 1. The molecule has 1 saturated heterocycles. The third kappa shape index (κ3) is 5.34. The molecule has 186 valence electrons. The van der Waals surface area contributed by atoms with Crippen LogP contribution in [0.15, 0.2) is 55.0 Å². The van der Waals surface area contributed by atoms with E-state index in [4.69, 9.17) is 11.6 Å². The quantitative estimate of drug-likeness (QED) is 0.358. The number of thiophene rings is 1. The Morgan fingerprint density at radius 1 is 1.17 bits per heavy atom. The monoisotopic (exact) mass is 521 g/mol. The van der Waals surface area contributed by atoms with Gasteiger partial charge in [0, 0.05) is 49.2 Å². The standard InChI is InChI=1S/C26H28ClN7OS/c1-3-33-10-12-34(13-11-33)24(18-4-6-20(27)7-5-18)21-15-22(36-25(21)26-29-16-30-32-26)19-8-9-28-23(14-19)31-17(2)35/h4-9,14-16,24H,3,10-13H2,1-2H3,(H,28,31,35)(H,29,30,32). The first-order valence-electron chi connectivity index (χ1n) is 12.0. The molecular weight excluding hydrogens is 494 g/mol. The number of anilines is 1. The highest BCUT2D eigenvalue weighted by molar-refractivity contribution is 7.19. The number of pyridine rings is 1. The number of likely N-dealkylation sites (N-methyl/N-ethyl adjacent to an activating group) is 1. The van der Waals surface area contributed by atoms with Gasteiger partial charge in [-0.15, -0.1) is 21.5 Å². The molecule has 1 aliphatic rings. The van der Waals surface area contributed by atoms with Crippen molar-refractivity contribution in [3.63, 3.8) is 0 Å². The number of hydrogen-bond donors (Lipinski definition) is 2. The van der Waals surface area contributed by atoms with E-state index in [1.54, 1.807) is 23.9 Å². The van der Waals surface area contributed by atoms with Crippen LogP contribution in [0.5, 0.6) is 0 Å². The van der Waals surface area contributed by atoms with Crippen LogP contribution in [0.4, 0.5) is 5.82 Å². The summed E-state index contributed by atoms with van der Waals surface area (Å²) in [5, 5.41) is 11.9. The SMILES string of the molecule is CCN1CCN(C(c2ccc(Cl)cc2)c2cc(-c3ccnc(NC(C)=O)c3)sc2-c2nnc[nH]2)CC1. The van der Waals surface area contributed by atoms with Gasteiger partial charge in [-0.3, -0.25) is 9.69 Å². The smallest absolute Gasteiger partial charge is 0.222 e. The van der Waals surface area contributed by atoms with E-state index in [1.165, 1.54) is 12.5 Å². The van der Waals surface area contributed by atoms with E-state index in [0.717, 1.165) is 64.5 Å². The van der Waals surface area contributed by atoms with Crippen LogP contribution in [-0.4, -0.2) is 68.6 Å². The van der Waals surface area contributed by atoms with E-state index in [-0.39, 0.29) is 11.9 Å². The summed E-state index contributed by atoms with van der Waals surface area (Å²) in [6.45, 7) is 8.73. The minimum atomic E-state index is -0.150. The van der Waals surface area contributed by atoms with Crippen molar-refractivity contribution in [2.24, 2.45) is 0 Å². The van der Waals surface area contributed by atoms with Gasteiger partial charge in [0.05, 0.1) is 10.9 Å². The molecule has 1 atom stereocenters. The van der Waals surface area contributed by atoms with Crippen molar-refractivity contribution < 1.29 is 4.79 Å². The molecule has 1 amide bonds. The van der Waals surface area contributed by atoms with Crippen molar-refractivity contribution >= 4 is 34.7 Å². The summed E-state index contributed by atoms with van der Waals surface area (Å²) in [7, 11) is 0. The van der Waals surface area contributed by atoms with Gasteiger partial charge in [-0.25, -0.2) is 4.98 Å². The van der Waals surface area contributed by atoms with E-state index >= 15 is 0 Å². The molecule has 8 nitrogen and oxygen atoms in total. The lowest BCUT2D eigenvalue weighted by Crippen LogP contribution is -2.47. The lowest BCUT2D eigenvalue weighted by Gasteiger charge is -2.39. The first kappa shape index (κ1) is 24.6. The van der Waals surface area contributed by atoms with Crippen molar-refractivity contribution in [3.05, 3.63) is 71.1 Å². The third-order valence-electron chi connectivity index (χ3n) is 6.44. The maximum Gasteiger partial charge on any atom is 0.222 e. The number of nitrogens with one attached hydrogen (secondary N) is 2. The summed E-state index contributed by atoms with van der Waals surface area (Å²) in [6, 6.07) is 14.3. The van der Waals surface area contributed by atoms with E-state index in [0.29, 0.717) is 5.82 Å². The number of piperazine rings is 1. The molecule has 3 aromatic heterocycles. The fraction of sp³-hybridized carbons (Fsp3) is 0.308. The molecule has 0 bridgehead atoms. The van der Waals surface area contributed by atoms with Crippen LogP contribution in [0.3, 0.4) is 0 Å². The number of carbonyl (C=O) groups excluding carboxylic acids is 1. The zero-order chi connectivity index (χ0) is 25.1. The van der Waals surface area contributed by atoms with Crippen LogP contribution in [-0.2, 0) is 4.79 Å². The number of aromatic nitrogens is 4. The zero-order valence-corrected chi connectivity index (χ0v) is 21.8. The summed E-state index contributed by atoms with van der Waals surface area (Å²) >= 11 is 7.91. The number of hydrogen-bond acceptors (Lipinski definition) is 7. The molecule has 5 rings (SSSR count). The van der Waals surface area contributed by atoms with Crippen LogP contribution < -0.4 is 5.32 Å². The fourth-order valence-electron chi connectivity index (χ4n) is 4.65. The van der Waals surface area contributed by atoms with Crippen molar-refractivity contribution in [2.75, 3.05) is 38.0 Å². The average molecular weight is 522 g/mol. The van der Waals surface area contributed by atoms with Gasteiger partial charge >= 0.3 is 0 Å². The summed E-state index contributed by atoms with van der Waals surface area (Å²) in [6.07, 6.45) is 3.33. The van der Waals surface area contributed by atoms with Crippen LogP contribution >= 0.6 is 22.9 Å². The first-order chi connectivity index (χ1) is 17.5. The molecule has 0 aliphatic carbocycles. The Hall–Kier alpha value is -3.11. The van der Waals surface area contributed by atoms with E-state index < -0.39 is 0 Å². The van der Waals surface area contributed by atoms with Crippen molar-refractivity contribution in [1.29, 1.82) is 0 Å². The molecule has 1 fully saturated rings. The highest BCUT2D eigenvalue weighted by atomic mass is 35.5. The second-order valence-corrected chi connectivity index (χ2v) is 10.3. The van der Waals surface area contributed by atoms with Gasteiger partial charge in [0.2, 0.25) is 5.91 Å². The number of nitrogens with zero attached hydrogens (tertiary/aromatic N) is 5. The molecule has 0 spiro atoms. The Morgan fingerprint density at radius 3 is 2.61 bits per heavy atom. The zero-order valence-electron chi connectivity index (χ0n) is 20.2. The number of aromatic amines is 1. The lowest BCUT2D eigenvalue weighted by molar-refractivity contribution is -0.114. The van der Waals surface area contributed by atoms with Gasteiger partial charge in [0.15, 0.2) is 5.82 Å². The topological polar surface area (TPSA) is 90.0 Å². The fourth-order valence-corrected chi connectivity index (χ4v) is 5.92. The third-order valence-corrected chi connectivity index (χ3v) is 7.90. The van der Waals surface area contributed by atoms with E-state index in [1.807, 2.05) is 24.3 Å². The highest BCUT2D eigenvalue weighted by Crippen LogP contribution is 2.44. The van der Waals surface area contributed by atoms with Gasteiger partial charge in [-0.05, 0) is 53.6 Å². The number of carbonyl (C=O) groups is 1. The van der Waals surface area contributed by atoms with E-state index in [2.05, 4.69) is 60.4 Å². The number of H-pyrrole nitrogens is 1. The van der Waals surface area contributed by atoms with Gasteiger partial charge in [-0.1, -0.05) is 30.7 Å². The Morgan fingerprint density at radius 2 is 1.94 bits per heavy atom. The lowest BCUT2D eigenvalue weighted by atomic mass is 9.95. The molecule has 0 saturated carbocycles. The molecule has 10 heteroatoms. The normalized spacial score (nSPS) is 15.6. The minimum Gasteiger partial charge on any atom is -0.327 e. The first-order valence-corrected chi connectivity index (χ1v) is 13.2. The predicted molar refractivity (Wildman–Crippen MR) is 144 cm³/mol. The summed E-state index contributed by atoms with van der Waals surface area (Å²) in [5.41, 5.74) is 3.33. The maximum atomic E-state index is 11.6. The number of halogens is 1. The molecule has 1 unspecified atom stereocenters. The van der Waals surface area contributed by atoms with Crippen LogP contribution in [0, 0.1) is 0 Å². The van der Waals surface area contributed by atoms with Crippen molar-refractivity contribution in [1.82, 2.24) is 30.0 Å². The largest absolute Gasteiger partial charge is 0.327 e. The average Bonchev–Trinajstić information content (AvgIpc) is 3.56. The van der Waals surface area contributed by atoms with E-state index in [9.17, 15) is 4.79 Å². The second kappa shape index (κ2) is 10.9. The Kier molecular flexibility index (Phi) is 7.43. The maximum absolute atomic E-state index is 11.6. The minimum absolute atomic E-state index is 0.0306. The van der Waals surface area contributed by atoms with Crippen molar-refractivity contribution in [2.45, 2.75) is 19.9 Å². The van der Waals surface area contributed by atoms with Gasteiger partial charge in [-0.2, -0.15) is 0 Å². The van der Waals surface area contributed by atoms with Crippen LogP contribution in [0.2, 0.25) is 5.02 Å². The van der Waals surface area contributed by atoms with Crippen LogP contribution in [0.1, 0.15) is 31.0 Å². The molecule has 0 radical (unpaired) electrons. The highest BCUT2D eigenvalue weighted by Gasteiger charge is 2.30. The molecule has 2 N–H and O–H groups in total. The van der Waals surface area contributed by atoms with Gasteiger partial charge in [0.1, 0.15) is 12.1 Å².